The second-order valence-electron chi connectivity index (χ2n) is 4.71. The topological polar surface area (TPSA) is 146 Å². The third-order valence-corrected chi connectivity index (χ3v) is 4.32. The van der Waals surface area contributed by atoms with Crippen LogP contribution in [0.15, 0.2) is 21.9 Å². The Morgan fingerprint density at radius 1 is 1.16 bits per heavy atom. The number of nitrogens with zero attached hydrogens (tertiary/aromatic N) is 4. The molecule has 10 nitrogen and oxygen atoms in total. The maximum absolute atomic E-state index is 11.5. The third kappa shape index (κ3) is 5.29. The van der Waals surface area contributed by atoms with E-state index < -0.39 is 20.8 Å². The van der Waals surface area contributed by atoms with E-state index in [0.717, 1.165) is 6.07 Å². The molecular weight excluding hydrogens is 449 g/mol. The molecule has 0 bridgehead atoms. The molecule has 0 saturated heterocycles. The first-order valence-corrected chi connectivity index (χ1v) is 8.57. The summed E-state index contributed by atoms with van der Waals surface area (Å²) in [5.41, 5.74) is -0.0188. The first kappa shape index (κ1) is 22.2. The Hall–Kier alpha value is -0.886. The molecule has 0 fully saturated rings. The summed E-state index contributed by atoms with van der Waals surface area (Å²) in [6.45, 7) is 3.31. The molecule has 1 aromatic heterocycles. The van der Waals surface area contributed by atoms with Crippen molar-refractivity contribution in [2.24, 2.45) is 0 Å². The Labute approximate surface area is 173 Å². The minimum absolute atomic E-state index is 0. The fraction of sp³-hybridized carbons (Fsp3) is 0.250. The molecule has 2 rings (SSSR count). The predicted molar refractivity (Wildman–Crippen MR) is 84.9 cm³/mol. The fourth-order valence-electron chi connectivity index (χ4n) is 1.97. The number of rotatable bonds is 5. The number of benzene rings is 1. The molecule has 25 heavy (non-hydrogen) atoms. The van der Waals surface area contributed by atoms with Gasteiger partial charge >= 0.3 is 0 Å². The summed E-state index contributed by atoms with van der Waals surface area (Å²) in [6.07, 6.45) is 0. The summed E-state index contributed by atoms with van der Waals surface area (Å²) in [5.74, 6) is 0.327. The maximum Gasteiger partial charge on any atom is 0.298 e. The Kier molecular flexibility index (Phi) is 7.68. The van der Waals surface area contributed by atoms with Crippen molar-refractivity contribution < 1.29 is 60.4 Å². The van der Waals surface area contributed by atoms with Crippen LogP contribution in [0.1, 0.15) is 11.6 Å². The van der Waals surface area contributed by atoms with Crippen LogP contribution in [0.25, 0.3) is 0 Å². The Bertz CT molecular complexity index is 860. The van der Waals surface area contributed by atoms with Crippen molar-refractivity contribution >= 4 is 33.8 Å². The molecule has 2 aromatic rings. The molecule has 133 valence electrons. The van der Waals surface area contributed by atoms with Crippen molar-refractivity contribution in [1.82, 2.24) is 15.0 Å². The normalized spacial score (nSPS) is 11.1. The molecule has 0 spiro atoms. The van der Waals surface area contributed by atoms with E-state index in [9.17, 15) is 18.1 Å². The van der Waals surface area contributed by atoms with E-state index in [0.29, 0.717) is 23.7 Å². The summed E-state index contributed by atoms with van der Waals surface area (Å²) in [4.78, 5) is 12.9. The van der Waals surface area contributed by atoms with Crippen molar-refractivity contribution in [1.29, 1.82) is 0 Å². The Morgan fingerprint density at radius 2 is 1.72 bits per heavy atom. The van der Waals surface area contributed by atoms with Gasteiger partial charge in [0, 0.05) is 44.7 Å². The second-order valence-corrected chi connectivity index (χ2v) is 6.89. The van der Waals surface area contributed by atoms with E-state index in [-0.39, 0.29) is 49.2 Å². The van der Waals surface area contributed by atoms with E-state index in [1.54, 1.807) is 13.8 Å². The van der Waals surface area contributed by atoms with Gasteiger partial charge in [0.15, 0.2) is 5.75 Å². The first-order chi connectivity index (χ1) is 11.1. The molecule has 0 aliphatic carbocycles. The zero-order valence-corrected chi connectivity index (χ0v) is 17.9. The number of aromatic nitrogens is 3. The number of phenols is 1. The monoisotopic (exact) mass is 463 g/mol. The van der Waals surface area contributed by atoms with Crippen molar-refractivity contribution in [2.75, 3.05) is 11.9 Å². The van der Waals surface area contributed by atoms with Gasteiger partial charge in [0.05, 0.1) is 17.7 Å². The van der Waals surface area contributed by atoms with E-state index in [1.807, 2.05) is 0 Å². The van der Waals surface area contributed by atoms with Crippen LogP contribution in [-0.2, 0) is 47.2 Å². The van der Waals surface area contributed by atoms with Gasteiger partial charge in [-0.25, -0.2) is 10.2 Å². The molecule has 0 unspecified atom stereocenters. The predicted octanol–water partition coefficient (Wildman–Crippen LogP) is 1.70. The van der Waals surface area contributed by atoms with E-state index in [2.05, 4.69) is 19.3 Å². The van der Waals surface area contributed by atoms with Gasteiger partial charge in [0.2, 0.25) is 5.95 Å². The summed E-state index contributed by atoms with van der Waals surface area (Å²) >= 11 is 0.436. The average molecular weight is 463 g/mol. The van der Waals surface area contributed by atoms with E-state index in [4.69, 9.17) is 5.26 Å². The number of aryl methyl sites for hydroxylation is 2. The van der Waals surface area contributed by atoms with Gasteiger partial charge in [-0.2, -0.15) is 22.7 Å². The summed E-state index contributed by atoms with van der Waals surface area (Å²) in [6, 6.07) is 2.28. The third-order valence-electron chi connectivity index (χ3n) is 2.95. The van der Waals surface area contributed by atoms with Gasteiger partial charge in [0.1, 0.15) is 16.5 Å². The quantitative estimate of drug-likeness (QED) is 0.258. The summed E-state index contributed by atoms with van der Waals surface area (Å²) in [5, 5.41) is 18.8. The minimum Gasteiger partial charge on any atom is -0.504 e. The van der Waals surface area contributed by atoms with Gasteiger partial charge in [-0.15, -0.1) is 0 Å². The van der Waals surface area contributed by atoms with Crippen LogP contribution in [0.4, 0.5) is 11.6 Å². The number of hydrogen-bond donors (Lipinski definition) is 3. The Balaban J connectivity index is 0.00000312. The van der Waals surface area contributed by atoms with Crippen LogP contribution in [0.5, 0.6) is 5.75 Å². The van der Waals surface area contributed by atoms with Crippen LogP contribution in [0.3, 0.4) is 0 Å². The molecule has 1 aromatic carbocycles. The first-order valence-electron chi connectivity index (χ1n) is 6.39. The maximum atomic E-state index is 11.5. The molecule has 0 saturated carbocycles. The van der Waals surface area contributed by atoms with Crippen molar-refractivity contribution in [2.45, 2.75) is 23.6 Å². The molecule has 0 aliphatic heterocycles. The number of aromatic hydroxyl groups is 1. The van der Waals surface area contributed by atoms with Crippen LogP contribution < -0.4 is 4.90 Å². The average Bonchev–Trinajstić information content (AvgIpc) is 2.46. The van der Waals surface area contributed by atoms with Gasteiger partial charge in [-0.05, 0) is 26.0 Å². The number of phenolic OH excluding ortho intramolecular Hbond substituents is 1. The van der Waals surface area contributed by atoms with Crippen LogP contribution in [0, 0.1) is 13.8 Å². The van der Waals surface area contributed by atoms with Crippen molar-refractivity contribution in [3.8, 4) is 5.75 Å². The molecule has 3 N–H and O–H groups in total. The molecule has 1 radical (unpaired) electrons. The smallest absolute Gasteiger partial charge is 0.298 e. The van der Waals surface area contributed by atoms with Gasteiger partial charge in [-0.1, -0.05) is 0 Å². The summed E-state index contributed by atoms with van der Waals surface area (Å²) < 4.78 is 36.1. The van der Waals surface area contributed by atoms with E-state index in [1.165, 1.54) is 18.0 Å². The van der Waals surface area contributed by atoms with Crippen LogP contribution in [-0.4, -0.2) is 45.3 Å². The molecule has 0 aliphatic rings. The van der Waals surface area contributed by atoms with Crippen LogP contribution >= 0.6 is 12.0 Å². The fourth-order valence-corrected chi connectivity index (χ4v) is 3.08. The van der Waals surface area contributed by atoms with E-state index >= 15 is 0 Å². The molecule has 0 atom stereocenters. The van der Waals surface area contributed by atoms with Crippen molar-refractivity contribution in [3.63, 3.8) is 0 Å². The van der Waals surface area contributed by atoms with Crippen molar-refractivity contribution in [3.05, 3.63) is 23.8 Å². The zero-order valence-electron chi connectivity index (χ0n) is 13.4. The largest absolute Gasteiger partial charge is 0.504 e. The van der Waals surface area contributed by atoms with Gasteiger partial charge in [-0.3, -0.25) is 4.55 Å². The molecule has 13 heteroatoms. The van der Waals surface area contributed by atoms with Gasteiger partial charge < -0.3 is 10.0 Å². The number of anilines is 2. The Morgan fingerprint density at radius 3 is 2.20 bits per heavy atom. The molecule has 1 heterocycles. The molecule has 0 amide bonds. The van der Waals surface area contributed by atoms with Crippen LogP contribution in [0.2, 0.25) is 0 Å². The minimum atomic E-state index is -4.71. The SMILES string of the molecule is Cc1nc(C)nc(N(C)c2cc(SOO)cc(S(=O)(=O)O)c2O)n1.[Y]. The number of hydrogen-bond acceptors (Lipinski definition) is 10. The molecular formula is C12H14N4O6S2Y. The van der Waals surface area contributed by atoms with Gasteiger partial charge in [0.25, 0.3) is 10.1 Å². The zero-order chi connectivity index (χ0) is 18.1. The summed E-state index contributed by atoms with van der Waals surface area (Å²) in [7, 11) is -3.22. The second kappa shape index (κ2) is 8.67. The standard InChI is InChI=1S/C12H14N4O6S2.Y/c1-6-13-7(2)15-12(14-6)16(3)9-4-8(23-22-18)5-10(11(9)17)24(19,20)21;/h4-5,17-18H,1-3H3,(H,19,20,21);.